The molecule has 90 valence electrons. The van der Waals surface area contributed by atoms with Gasteiger partial charge in [-0.2, -0.15) is 0 Å². The number of hydrogen-bond acceptors (Lipinski definition) is 2. The number of fused-ring (bicyclic) bond motifs is 1. The fourth-order valence-corrected chi connectivity index (χ4v) is 2.30. The molecule has 2 heterocycles. The molecule has 0 radical (unpaired) electrons. The van der Waals surface area contributed by atoms with Crippen molar-refractivity contribution in [3.05, 3.63) is 53.3 Å². The van der Waals surface area contributed by atoms with Gasteiger partial charge in [0.2, 0.25) is 0 Å². The van der Waals surface area contributed by atoms with Crippen molar-refractivity contribution in [1.29, 1.82) is 0 Å². The summed E-state index contributed by atoms with van der Waals surface area (Å²) in [5, 5.41) is 0.633. The molecule has 0 aliphatic rings. The third-order valence-electron chi connectivity index (χ3n) is 2.99. The van der Waals surface area contributed by atoms with Gasteiger partial charge in [-0.05, 0) is 37.3 Å². The van der Waals surface area contributed by atoms with E-state index in [2.05, 4.69) is 4.98 Å². The predicted octanol–water partition coefficient (Wildman–Crippen LogP) is 3.55. The molecule has 1 aromatic carbocycles. The minimum Gasteiger partial charge on any atom is -0.398 e. The predicted molar refractivity (Wildman–Crippen MR) is 74.8 cm³/mol. The molecule has 3 rings (SSSR count). The van der Waals surface area contributed by atoms with Crippen LogP contribution >= 0.6 is 11.6 Å². The lowest BCUT2D eigenvalue weighted by Gasteiger charge is -2.05. The van der Waals surface area contributed by atoms with Crippen LogP contribution < -0.4 is 5.73 Å². The maximum absolute atomic E-state index is 6.02. The molecular weight excluding hydrogens is 246 g/mol. The van der Waals surface area contributed by atoms with Crippen LogP contribution in [0.5, 0.6) is 0 Å². The summed E-state index contributed by atoms with van der Waals surface area (Å²) in [5.41, 5.74) is 9.62. The zero-order chi connectivity index (χ0) is 12.7. The number of hydrogen-bond donors (Lipinski definition) is 1. The number of halogens is 1. The number of nitrogens with zero attached hydrogens (tertiary/aromatic N) is 2. The van der Waals surface area contributed by atoms with Gasteiger partial charge in [0.1, 0.15) is 5.82 Å². The van der Waals surface area contributed by atoms with Crippen LogP contribution in [0, 0.1) is 6.92 Å². The number of nitrogen functional groups attached to an aromatic ring is 1. The number of anilines is 1. The first-order valence-corrected chi connectivity index (χ1v) is 6.03. The molecular formula is C14H12ClN3. The minimum atomic E-state index is 0.633. The molecule has 0 aliphatic carbocycles. The first-order chi connectivity index (χ1) is 8.66. The fourth-order valence-electron chi connectivity index (χ4n) is 2.12. The lowest BCUT2D eigenvalue weighted by molar-refractivity contribution is 1.16. The second-order valence-corrected chi connectivity index (χ2v) is 4.64. The molecule has 0 fully saturated rings. The summed E-state index contributed by atoms with van der Waals surface area (Å²) < 4.78 is 2.04. The Morgan fingerprint density at radius 1 is 1.22 bits per heavy atom. The topological polar surface area (TPSA) is 43.3 Å². The summed E-state index contributed by atoms with van der Waals surface area (Å²) in [6.07, 6.45) is 1.98. The zero-order valence-corrected chi connectivity index (χ0v) is 10.6. The number of nitrogens with two attached hydrogens (primary N) is 1. The van der Waals surface area contributed by atoms with E-state index in [1.807, 2.05) is 47.9 Å². The second-order valence-electron chi connectivity index (χ2n) is 4.21. The SMILES string of the molecule is Cc1nc(-c2ccc(Cl)cc2N)n2ccccc12. The van der Waals surface area contributed by atoms with Crippen molar-refractivity contribution >= 4 is 22.8 Å². The van der Waals surface area contributed by atoms with E-state index < -0.39 is 0 Å². The third-order valence-corrected chi connectivity index (χ3v) is 3.22. The zero-order valence-electron chi connectivity index (χ0n) is 9.89. The lowest BCUT2D eigenvalue weighted by atomic mass is 10.1. The van der Waals surface area contributed by atoms with Crippen molar-refractivity contribution < 1.29 is 0 Å². The molecule has 0 bridgehead atoms. The summed E-state index contributed by atoms with van der Waals surface area (Å²) >= 11 is 5.92. The summed E-state index contributed by atoms with van der Waals surface area (Å²) in [4.78, 5) is 4.59. The largest absolute Gasteiger partial charge is 0.398 e. The number of pyridine rings is 1. The van der Waals surface area contributed by atoms with E-state index in [0.717, 1.165) is 22.6 Å². The molecule has 0 spiro atoms. The van der Waals surface area contributed by atoms with Gasteiger partial charge >= 0.3 is 0 Å². The van der Waals surface area contributed by atoms with Crippen LogP contribution in [0.2, 0.25) is 5.02 Å². The molecule has 0 atom stereocenters. The van der Waals surface area contributed by atoms with Gasteiger partial charge in [0.15, 0.2) is 0 Å². The van der Waals surface area contributed by atoms with E-state index in [0.29, 0.717) is 10.7 Å². The van der Waals surface area contributed by atoms with Gasteiger partial charge in [0.25, 0.3) is 0 Å². The van der Waals surface area contributed by atoms with Crippen molar-refractivity contribution in [1.82, 2.24) is 9.38 Å². The Hall–Kier alpha value is -2.00. The highest BCUT2D eigenvalue weighted by molar-refractivity contribution is 6.31. The van der Waals surface area contributed by atoms with E-state index in [9.17, 15) is 0 Å². The summed E-state index contributed by atoms with van der Waals surface area (Å²) in [7, 11) is 0. The van der Waals surface area contributed by atoms with Crippen LogP contribution in [0.25, 0.3) is 16.9 Å². The smallest absolute Gasteiger partial charge is 0.146 e. The number of aryl methyl sites for hydroxylation is 1. The molecule has 18 heavy (non-hydrogen) atoms. The van der Waals surface area contributed by atoms with Crippen molar-refractivity contribution in [3.8, 4) is 11.4 Å². The van der Waals surface area contributed by atoms with Crippen molar-refractivity contribution in [3.63, 3.8) is 0 Å². The second kappa shape index (κ2) is 4.03. The fraction of sp³-hybridized carbons (Fsp3) is 0.0714. The summed E-state index contributed by atoms with van der Waals surface area (Å²) in [6, 6.07) is 11.5. The number of imidazole rings is 1. The van der Waals surface area contributed by atoms with Gasteiger partial charge in [0, 0.05) is 22.5 Å². The van der Waals surface area contributed by atoms with Crippen LogP contribution in [0.15, 0.2) is 42.6 Å². The van der Waals surface area contributed by atoms with Gasteiger partial charge in [-0.15, -0.1) is 0 Å². The molecule has 0 aliphatic heterocycles. The molecule has 3 aromatic rings. The quantitative estimate of drug-likeness (QED) is 0.678. The Kier molecular flexibility index (Phi) is 2.49. The maximum Gasteiger partial charge on any atom is 0.146 e. The van der Waals surface area contributed by atoms with Crippen molar-refractivity contribution in [2.24, 2.45) is 0 Å². The normalized spacial score (nSPS) is 11.0. The van der Waals surface area contributed by atoms with Gasteiger partial charge in [-0.25, -0.2) is 4.98 Å². The van der Waals surface area contributed by atoms with Crippen LogP contribution in [-0.2, 0) is 0 Å². The molecule has 0 amide bonds. The molecule has 2 N–H and O–H groups in total. The number of benzene rings is 1. The minimum absolute atomic E-state index is 0.633. The first-order valence-electron chi connectivity index (χ1n) is 5.66. The van der Waals surface area contributed by atoms with Gasteiger partial charge in [0.05, 0.1) is 11.2 Å². The lowest BCUT2D eigenvalue weighted by Crippen LogP contribution is -1.94. The highest BCUT2D eigenvalue weighted by Gasteiger charge is 2.11. The average molecular weight is 258 g/mol. The van der Waals surface area contributed by atoms with E-state index in [1.54, 1.807) is 6.07 Å². The van der Waals surface area contributed by atoms with Gasteiger partial charge in [-0.3, -0.25) is 4.40 Å². The molecule has 4 heteroatoms. The Morgan fingerprint density at radius 2 is 2.06 bits per heavy atom. The van der Waals surface area contributed by atoms with Gasteiger partial charge < -0.3 is 5.73 Å². The highest BCUT2D eigenvalue weighted by Crippen LogP contribution is 2.29. The Bertz CT molecular complexity index is 731. The van der Waals surface area contributed by atoms with Crippen LogP contribution in [0.4, 0.5) is 5.69 Å². The summed E-state index contributed by atoms with van der Waals surface area (Å²) in [5.74, 6) is 0.845. The molecule has 3 nitrogen and oxygen atoms in total. The molecule has 2 aromatic heterocycles. The molecule has 0 saturated carbocycles. The van der Waals surface area contributed by atoms with Crippen LogP contribution in [0.1, 0.15) is 5.69 Å². The van der Waals surface area contributed by atoms with E-state index in [1.165, 1.54) is 0 Å². The summed E-state index contributed by atoms with van der Waals surface area (Å²) in [6.45, 7) is 1.99. The molecule has 0 unspecified atom stereocenters. The monoisotopic (exact) mass is 257 g/mol. The third kappa shape index (κ3) is 1.64. The Balaban J connectivity index is 2.32. The van der Waals surface area contributed by atoms with E-state index >= 15 is 0 Å². The van der Waals surface area contributed by atoms with Crippen LogP contribution in [-0.4, -0.2) is 9.38 Å². The molecule has 0 saturated heterocycles. The van der Waals surface area contributed by atoms with Crippen molar-refractivity contribution in [2.45, 2.75) is 6.92 Å². The average Bonchev–Trinajstić information content (AvgIpc) is 2.68. The highest BCUT2D eigenvalue weighted by atomic mass is 35.5. The Morgan fingerprint density at radius 3 is 2.83 bits per heavy atom. The number of aromatic nitrogens is 2. The number of rotatable bonds is 1. The van der Waals surface area contributed by atoms with Gasteiger partial charge in [-0.1, -0.05) is 17.7 Å². The van der Waals surface area contributed by atoms with Crippen LogP contribution in [0.3, 0.4) is 0 Å². The standard InChI is InChI=1S/C14H12ClN3/c1-9-13-4-2-3-7-18(13)14(17-9)11-6-5-10(15)8-12(11)16/h2-8H,16H2,1H3. The van der Waals surface area contributed by atoms with E-state index in [-0.39, 0.29) is 0 Å². The van der Waals surface area contributed by atoms with E-state index in [4.69, 9.17) is 17.3 Å². The van der Waals surface area contributed by atoms with Crippen molar-refractivity contribution in [2.75, 3.05) is 5.73 Å². The maximum atomic E-state index is 6.02. The first kappa shape index (κ1) is 11.1. The Labute approximate surface area is 110 Å².